The number of benzene rings is 2. The smallest absolute Gasteiger partial charge is 0.267 e. The molecule has 2 aliphatic rings. The molecule has 6 rings (SSSR count). The van der Waals surface area contributed by atoms with Crippen molar-refractivity contribution in [3.8, 4) is 11.4 Å². The fourth-order valence-corrected chi connectivity index (χ4v) is 8.93. The minimum Gasteiger partial charge on any atom is -0.497 e. The monoisotopic (exact) mass is 665 g/mol. The van der Waals surface area contributed by atoms with Gasteiger partial charge in [-0.25, -0.2) is 13.4 Å². The van der Waals surface area contributed by atoms with Crippen LogP contribution < -0.4 is 20.3 Å². The fourth-order valence-electron chi connectivity index (χ4n) is 5.68. The number of thiophene rings is 1. The minimum atomic E-state index is -3.86. The third kappa shape index (κ3) is 7.10. The number of ether oxygens (including phenoxy) is 1. The molecule has 3 heterocycles. The van der Waals surface area contributed by atoms with Crippen molar-refractivity contribution in [3.05, 3.63) is 69.3 Å². The number of anilines is 1. The summed E-state index contributed by atoms with van der Waals surface area (Å²) in [5, 5.41) is 3.86. The van der Waals surface area contributed by atoms with Gasteiger partial charge in [-0.1, -0.05) is 36.7 Å². The van der Waals surface area contributed by atoms with Crippen molar-refractivity contribution in [2.24, 2.45) is 4.99 Å². The maximum absolute atomic E-state index is 14.1. The highest BCUT2D eigenvalue weighted by atomic mass is 32.2. The van der Waals surface area contributed by atoms with Crippen LogP contribution in [0.1, 0.15) is 55.4 Å². The average Bonchev–Trinajstić information content (AvgIpc) is 3.19. The summed E-state index contributed by atoms with van der Waals surface area (Å²) in [5.74, 6) is 0.669. The van der Waals surface area contributed by atoms with Crippen LogP contribution in [0, 0.1) is 0 Å². The lowest BCUT2D eigenvalue weighted by Crippen LogP contribution is -2.30. The number of nitrogens with zero attached hydrogens (tertiary/aromatic N) is 3. The van der Waals surface area contributed by atoms with Gasteiger partial charge < -0.3 is 10.1 Å². The number of hydrogen-bond donors (Lipinski definition) is 2. The minimum absolute atomic E-state index is 0.0383. The number of amides is 1. The summed E-state index contributed by atoms with van der Waals surface area (Å²) in [7, 11) is -2.28. The summed E-state index contributed by atoms with van der Waals surface area (Å²) >= 11 is 2.73. The molecule has 1 aliphatic carbocycles. The van der Waals surface area contributed by atoms with E-state index in [2.05, 4.69) is 15.0 Å². The van der Waals surface area contributed by atoms with E-state index in [0.717, 1.165) is 68.7 Å². The Morgan fingerprint density at radius 2 is 1.82 bits per heavy atom. The second-order valence-corrected chi connectivity index (χ2v) is 14.8. The molecule has 45 heavy (non-hydrogen) atoms. The maximum Gasteiger partial charge on any atom is 0.267 e. The van der Waals surface area contributed by atoms with E-state index >= 15 is 0 Å². The van der Waals surface area contributed by atoms with Gasteiger partial charge in [-0.2, -0.15) is 0 Å². The first kappa shape index (κ1) is 31.3. The number of fused-ring (bicyclic) bond motifs is 3. The zero-order chi connectivity index (χ0) is 31.4. The lowest BCUT2D eigenvalue weighted by Gasteiger charge is -2.14. The van der Waals surface area contributed by atoms with Gasteiger partial charge in [-0.05, 0) is 74.4 Å². The number of aromatic nitrogens is 2. The Kier molecular flexibility index (Phi) is 9.57. The third-order valence-electron chi connectivity index (χ3n) is 7.91. The van der Waals surface area contributed by atoms with Crippen LogP contribution in [0.15, 0.2) is 68.4 Å². The number of carbonyl (C=O) groups is 1. The summed E-state index contributed by atoms with van der Waals surface area (Å²) < 4.78 is 35.7. The van der Waals surface area contributed by atoms with E-state index in [1.54, 1.807) is 41.2 Å². The number of carbonyl (C=O) groups excluding carboxylic acids is 1. The number of amidine groups is 1. The molecule has 2 aromatic carbocycles. The first-order valence-electron chi connectivity index (χ1n) is 15.1. The van der Waals surface area contributed by atoms with Gasteiger partial charge in [0.1, 0.15) is 16.4 Å². The number of hydrogen-bond acceptors (Lipinski definition) is 9. The van der Waals surface area contributed by atoms with Crippen LogP contribution in [0.3, 0.4) is 0 Å². The third-order valence-corrected chi connectivity index (χ3v) is 11.4. The van der Waals surface area contributed by atoms with Crippen molar-refractivity contribution in [2.45, 2.75) is 67.8 Å². The van der Waals surface area contributed by atoms with Gasteiger partial charge >= 0.3 is 0 Å². The predicted molar refractivity (Wildman–Crippen MR) is 180 cm³/mol. The van der Waals surface area contributed by atoms with Crippen LogP contribution in [0.4, 0.5) is 5.69 Å². The molecule has 0 bridgehead atoms. The Hall–Kier alpha value is -3.68. The standard InChI is InChI=1S/C32H35N5O5S3/c1-42-23-12-9-11-22(19-23)37-31(39)29-25-14-4-2-5-15-26(25)44-30(29)35-32(37)43-20-28(38)34-21-10-8-13-24(18-21)45(40,41)36-27-16-6-3-7-17-33-27/h8-13,18-19H,2-7,14-17,20H2,1H3,(H,33,36)(H,34,38). The molecule has 1 aliphatic heterocycles. The van der Waals surface area contributed by atoms with Gasteiger partial charge in [-0.3, -0.25) is 23.9 Å². The van der Waals surface area contributed by atoms with Crippen LogP contribution in [0.2, 0.25) is 0 Å². The quantitative estimate of drug-likeness (QED) is 0.140. The van der Waals surface area contributed by atoms with Gasteiger partial charge in [0.25, 0.3) is 15.6 Å². The molecule has 4 aromatic rings. The van der Waals surface area contributed by atoms with Gasteiger partial charge in [-0.15, -0.1) is 11.3 Å². The molecule has 0 spiro atoms. The van der Waals surface area contributed by atoms with Gasteiger partial charge in [0.05, 0.1) is 28.8 Å². The Bertz CT molecular complexity index is 1930. The molecule has 0 saturated carbocycles. The van der Waals surface area contributed by atoms with E-state index < -0.39 is 10.0 Å². The van der Waals surface area contributed by atoms with Crippen LogP contribution in [0.25, 0.3) is 15.9 Å². The predicted octanol–water partition coefficient (Wildman–Crippen LogP) is 5.71. The average molecular weight is 666 g/mol. The second kappa shape index (κ2) is 13.8. The number of nitrogens with one attached hydrogen (secondary N) is 2. The first-order chi connectivity index (χ1) is 21.8. The SMILES string of the molecule is COc1cccc(-n2c(SCC(=O)Nc3cccc(S(=O)(=O)NC4=NCCCCC4)c3)nc3sc4c(c3c2=O)CCCCC4)c1. The van der Waals surface area contributed by atoms with Crippen molar-refractivity contribution in [1.82, 2.24) is 14.3 Å². The zero-order valence-corrected chi connectivity index (χ0v) is 27.5. The van der Waals surface area contributed by atoms with E-state index in [0.29, 0.717) is 51.3 Å². The van der Waals surface area contributed by atoms with E-state index in [-0.39, 0.29) is 22.1 Å². The molecule has 13 heteroatoms. The van der Waals surface area contributed by atoms with Crippen LogP contribution in [-0.4, -0.2) is 49.1 Å². The molecule has 0 fully saturated rings. The van der Waals surface area contributed by atoms with Gasteiger partial charge in [0.2, 0.25) is 5.91 Å². The number of aryl methyl sites for hydroxylation is 2. The largest absolute Gasteiger partial charge is 0.497 e. The Labute approximate surface area is 270 Å². The molecule has 236 valence electrons. The molecule has 2 aromatic heterocycles. The molecule has 0 unspecified atom stereocenters. The lowest BCUT2D eigenvalue weighted by molar-refractivity contribution is -0.113. The van der Waals surface area contributed by atoms with E-state index in [4.69, 9.17) is 9.72 Å². The Morgan fingerprint density at radius 1 is 1.02 bits per heavy atom. The highest BCUT2D eigenvalue weighted by Gasteiger charge is 2.23. The number of aliphatic imine (C=N–C) groups is 1. The summed E-state index contributed by atoms with van der Waals surface area (Å²) in [5.41, 5.74) is 1.90. The number of methoxy groups -OCH3 is 1. The molecule has 0 saturated heterocycles. The van der Waals surface area contributed by atoms with E-state index in [1.807, 2.05) is 18.2 Å². The van der Waals surface area contributed by atoms with Crippen LogP contribution >= 0.6 is 23.1 Å². The summed E-state index contributed by atoms with van der Waals surface area (Å²) in [6.07, 6.45) is 8.52. The van der Waals surface area contributed by atoms with Crippen molar-refractivity contribution >= 4 is 60.8 Å². The second-order valence-electron chi connectivity index (χ2n) is 11.1. The van der Waals surface area contributed by atoms with Crippen molar-refractivity contribution in [2.75, 3.05) is 24.7 Å². The highest BCUT2D eigenvalue weighted by molar-refractivity contribution is 7.99. The van der Waals surface area contributed by atoms with Gasteiger partial charge in [0, 0.05) is 29.6 Å². The molecule has 10 nitrogen and oxygen atoms in total. The van der Waals surface area contributed by atoms with Crippen molar-refractivity contribution in [1.29, 1.82) is 0 Å². The highest BCUT2D eigenvalue weighted by Crippen LogP contribution is 2.35. The topological polar surface area (TPSA) is 132 Å². The maximum atomic E-state index is 14.1. The molecular formula is C32H35N5O5S3. The first-order valence-corrected chi connectivity index (χ1v) is 18.4. The summed E-state index contributed by atoms with van der Waals surface area (Å²) in [6, 6.07) is 13.4. The van der Waals surface area contributed by atoms with Crippen molar-refractivity contribution < 1.29 is 17.9 Å². The van der Waals surface area contributed by atoms with Crippen LogP contribution in [0.5, 0.6) is 5.75 Å². The lowest BCUT2D eigenvalue weighted by atomic mass is 10.1. The molecular weight excluding hydrogens is 631 g/mol. The zero-order valence-electron chi connectivity index (χ0n) is 25.0. The fraction of sp³-hybridized carbons (Fsp3) is 0.375. The van der Waals surface area contributed by atoms with E-state index in [9.17, 15) is 18.0 Å². The molecule has 1 amide bonds. The van der Waals surface area contributed by atoms with Crippen LogP contribution in [-0.2, 0) is 27.7 Å². The Balaban J connectivity index is 1.25. The summed E-state index contributed by atoms with van der Waals surface area (Å²) in [4.78, 5) is 38.5. The van der Waals surface area contributed by atoms with Gasteiger partial charge in [0.15, 0.2) is 5.16 Å². The summed E-state index contributed by atoms with van der Waals surface area (Å²) in [6.45, 7) is 0.605. The number of thioether (sulfide) groups is 1. The van der Waals surface area contributed by atoms with Crippen molar-refractivity contribution in [3.63, 3.8) is 0 Å². The normalized spacial score (nSPS) is 15.4. The Morgan fingerprint density at radius 3 is 2.69 bits per heavy atom. The molecule has 0 radical (unpaired) electrons. The molecule has 2 N–H and O–H groups in total. The number of rotatable bonds is 8. The van der Waals surface area contributed by atoms with E-state index in [1.165, 1.54) is 17.0 Å². The molecule has 0 atom stereocenters. The number of sulfonamides is 1.